The summed E-state index contributed by atoms with van der Waals surface area (Å²) < 4.78 is 32.3. The first kappa shape index (κ1) is 15.1. The second-order valence-corrected chi connectivity index (χ2v) is 4.85. The minimum atomic E-state index is -1.03. The summed E-state index contributed by atoms with van der Waals surface area (Å²) in [5.41, 5.74) is -0.260. The number of rotatable bonds is 3. The molecule has 116 valence electrons. The van der Waals surface area contributed by atoms with Gasteiger partial charge in [0.1, 0.15) is 17.2 Å². The lowest BCUT2D eigenvalue weighted by Gasteiger charge is -2.03. The van der Waals surface area contributed by atoms with Crippen LogP contribution in [0.25, 0.3) is 11.5 Å². The maximum absolute atomic E-state index is 13.5. The number of anilines is 1. The van der Waals surface area contributed by atoms with E-state index in [4.69, 9.17) is 16.0 Å². The van der Waals surface area contributed by atoms with Crippen LogP contribution in [0.3, 0.4) is 0 Å². The van der Waals surface area contributed by atoms with Crippen molar-refractivity contribution >= 4 is 23.5 Å². The van der Waals surface area contributed by atoms with Crippen LogP contribution in [-0.4, -0.2) is 16.1 Å². The lowest BCUT2D eigenvalue weighted by atomic mass is 10.2. The van der Waals surface area contributed by atoms with Gasteiger partial charge >= 0.3 is 6.01 Å². The highest BCUT2D eigenvalue weighted by atomic mass is 35.5. The van der Waals surface area contributed by atoms with Crippen molar-refractivity contribution in [2.75, 3.05) is 5.32 Å². The fourth-order valence-electron chi connectivity index (χ4n) is 1.89. The van der Waals surface area contributed by atoms with E-state index in [-0.39, 0.29) is 11.9 Å². The molecule has 1 heterocycles. The Kier molecular flexibility index (Phi) is 4.03. The van der Waals surface area contributed by atoms with Gasteiger partial charge in [0.05, 0.1) is 10.6 Å². The normalized spacial score (nSPS) is 10.6. The Morgan fingerprint density at radius 2 is 1.74 bits per heavy atom. The molecule has 0 aliphatic heterocycles. The van der Waals surface area contributed by atoms with E-state index in [1.165, 1.54) is 0 Å². The Hall–Kier alpha value is -2.80. The van der Waals surface area contributed by atoms with E-state index in [1.54, 1.807) is 24.3 Å². The fourth-order valence-corrected chi connectivity index (χ4v) is 2.11. The predicted molar refractivity (Wildman–Crippen MR) is 79.1 cm³/mol. The summed E-state index contributed by atoms with van der Waals surface area (Å²) in [7, 11) is 0. The number of carbonyl (C=O) groups excluding carboxylic acids is 1. The smallest absolute Gasteiger partial charge is 0.322 e. The van der Waals surface area contributed by atoms with E-state index in [2.05, 4.69) is 15.5 Å². The van der Waals surface area contributed by atoms with E-state index in [1.807, 2.05) is 0 Å². The SMILES string of the molecule is O=C(Nc1nnc(-c2ccccc2Cl)o1)c1c(F)cccc1F. The fraction of sp³-hybridized carbons (Fsp3) is 0. The van der Waals surface area contributed by atoms with Crippen molar-refractivity contribution in [2.24, 2.45) is 0 Å². The van der Waals surface area contributed by atoms with Crippen LogP contribution in [-0.2, 0) is 0 Å². The average Bonchev–Trinajstić information content (AvgIpc) is 2.95. The molecule has 0 saturated carbocycles. The number of hydrogen-bond acceptors (Lipinski definition) is 4. The second-order valence-electron chi connectivity index (χ2n) is 4.44. The molecule has 2 aromatic carbocycles. The third kappa shape index (κ3) is 3.04. The standard InChI is InChI=1S/C15H8ClF2N3O2/c16-9-5-2-1-4-8(9)14-20-21-15(23-14)19-13(22)12-10(17)6-3-7-11(12)18/h1-7H,(H,19,21,22). The van der Waals surface area contributed by atoms with Crippen LogP contribution >= 0.6 is 11.6 Å². The topological polar surface area (TPSA) is 68.0 Å². The van der Waals surface area contributed by atoms with Gasteiger partial charge in [0.15, 0.2) is 0 Å². The molecule has 1 aromatic heterocycles. The van der Waals surface area contributed by atoms with Crippen molar-refractivity contribution in [1.29, 1.82) is 0 Å². The molecule has 3 rings (SSSR count). The zero-order valence-corrected chi connectivity index (χ0v) is 12.1. The van der Waals surface area contributed by atoms with Gasteiger partial charge in [0, 0.05) is 0 Å². The van der Waals surface area contributed by atoms with Gasteiger partial charge in [-0.25, -0.2) is 8.78 Å². The van der Waals surface area contributed by atoms with E-state index in [9.17, 15) is 13.6 Å². The van der Waals surface area contributed by atoms with E-state index in [0.29, 0.717) is 10.6 Å². The van der Waals surface area contributed by atoms with E-state index in [0.717, 1.165) is 18.2 Å². The highest BCUT2D eigenvalue weighted by Gasteiger charge is 2.20. The quantitative estimate of drug-likeness (QED) is 0.787. The number of nitrogens with zero attached hydrogens (tertiary/aromatic N) is 2. The predicted octanol–water partition coefficient (Wildman–Crippen LogP) is 3.92. The molecule has 1 N–H and O–H groups in total. The molecule has 8 heteroatoms. The number of aromatic nitrogens is 2. The molecule has 0 radical (unpaired) electrons. The summed E-state index contributed by atoms with van der Waals surface area (Å²) in [5, 5.41) is 9.87. The number of amides is 1. The first-order valence-electron chi connectivity index (χ1n) is 6.40. The number of halogens is 3. The Morgan fingerprint density at radius 1 is 1.04 bits per heavy atom. The summed E-state index contributed by atoms with van der Waals surface area (Å²) in [5.74, 6) is -2.95. The average molecular weight is 336 g/mol. The van der Waals surface area contributed by atoms with E-state index < -0.39 is 23.1 Å². The van der Waals surface area contributed by atoms with Gasteiger partial charge in [-0.15, -0.1) is 5.10 Å². The summed E-state index contributed by atoms with van der Waals surface area (Å²) in [6.07, 6.45) is 0. The lowest BCUT2D eigenvalue weighted by molar-refractivity contribution is 0.101. The van der Waals surface area contributed by atoms with E-state index >= 15 is 0 Å². The van der Waals surface area contributed by atoms with Crippen molar-refractivity contribution in [2.45, 2.75) is 0 Å². The molecule has 0 saturated heterocycles. The molecule has 0 atom stereocenters. The summed E-state index contributed by atoms with van der Waals surface area (Å²) in [6, 6.07) is 9.54. The third-order valence-corrected chi connectivity index (χ3v) is 3.27. The minimum Gasteiger partial charge on any atom is -0.403 e. The highest BCUT2D eigenvalue weighted by Crippen LogP contribution is 2.27. The monoisotopic (exact) mass is 335 g/mol. The number of benzene rings is 2. The van der Waals surface area contributed by atoms with Crippen molar-refractivity contribution in [3.8, 4) is 11.5 Å². The summed E-state index contributed by atoms with van der Waals surface area (Å²) >= 11 is 6.00. The number of hydrogen-bond donors (Lipinski definition) is 1. The Balaban J connectivity index is 1.85. The molecule has 1 amide bonds. The molecule has 0 fully saturated rings. The van der Waals surface area contributed by atoms with Gasteiger partial charge in [-0.1, -0.05) is 34.9 Å². The third-order valence-electron chi connectivity index (χ3n) is 2.94. The van der Waals surface area contributed by atoms with Crippen molar-refractivity contribution < 1.29 is 18.0 Å². The van der Waals surface area contributed by atoms with Crippen molar-refractivity contribution in [3.63, 3.8) is 0 Å². The molecule has 0 aliphatic rings. The largest absolute Gasteiger partial charge is 0.403 e. The number of nitrogens with one attached hydrogen (secondary N) is 1. The first-order valence-corrected chi connectivity index (χ1v) is 6.78. The van der Waals surface area contributed by atoms with Crippen LogP contribution in [0.2, 0.25) is 5.02 Å². The molecule has 5 nitrogen and oxygen atoms in total. The minimum absolute atomic E-state index is 0.0694. The lowest BCUT2D eigenvalue weighted by Crippen LogP contribution is -2.16. The Morgan fingerprint density at radius 3 is 2.43 bits per heavy atom. The maximum atomic E-state index is 13.5. The zero-order chi connectivity index (χ0) is 16.4. The molecule has 0 unspecified atom stereocenters. The van der Waals surface area contributed by atoms with Gasteiger partial charge in [0.2, 0.25) is 0 Å². The molecule has 0 aliphatic carbocycles. The Labute approximate surface area is 133 Å². The van der Waals surface area contributed by atoms with Crippen molar-refractivity contribution in [1.82, 2.24) is 10.2 Å². The molecule has 0 spiro atoms. The van der Waals surface area contributed by atoms with Crippen LogP contribution in [0.5, 0.6) is 0 Å². The van der Waals surface area contributed by atoms with Gasteiger partial charge in [-0.05, 0) is 24.3 Å². The second kappa shape index (κ2) is 6.13. The van der Waals surface area contributed by atoms with Crippen LogP contribution in [0.1, 0.15) is 10.4 Å². The maximum Gasteiger partial charge on any atom is 0.322 e. The van der Waals surface area contributed by atoms with Crippen LogP contribution in [0.4, 0.5) is 14.8 Å². The van der Waals surface area contributed by atoms with Gasteiger partial charge < -0.3 is 4.42 Å². The highest BCUT2D eigenvalue weighted by molar-refractivity contribution is 6.33. The van der Waals surface area contributed by atoms with Crippen LogP contribution in [0.15, 0.2) is 46.9 Å². The molecular formula is C15H8ClF2N3O2. The van der Waals surface area contributed by atoms with Gasteiger partial charge in [-0.3, -0.25) is 10.1 Å². The van der Waals surface area contributed by atoms with Crippen molar-refractivity contribution in [3.05, 3.63) is 64.7 Å². The summed E-state index contributed by atoms with van der Waals surface area (Å²) in [6.45, 7) is 0. The molecule has 3 aromatic rings. The Bertz CT molecular complexity index is 862. The molecule has 0 bridgehead atoms. The van der Waals surface area contributed by atoms with Gasteiger partial charge in [0.25, 0.3) is 11.8 Å². The number of carbonyl (C=O) groups is 1. The zero-order valence-electron chi connectivity index (χ0n) is 11.4. The van der Waals surface area contributed by atoms with Gasteiger partial charge in [-0.2, -0.15) is 0 Å². The van der Waals surface area contributed by atoms with Crippen LogP contribution < -0.4 is 5.32 Å². The van der Waals surface area contributed by atoms with Crippen LogP contribution in [0, 0.1) is 11.6 Å². The summed E-state index contributed by atoms with van der Waals surface area (Å²) in [4.78, 5) is 11.9. The molecular weight excluding hydrogens is 328 g/mol. The molecule has 23 heavy (non-hydrogen) atoms. The first-order chi connectivity index (χ1) is 11.1.